The Hall–Kier alpha value is -3.62. The van der Waals surface area contributed by atoms with E-state index in [1.54, 1.807) is 17.8 Å². The second kappa shape index (κ2) is 7.95. The molecule has 3 aromatic rings. The predicted molar refractivity (Wildman–Crippen MR) is 101 cm³/mol. The number of hydrogen-bond acceptors (Lipinski definition) is 5. The van der Waals surface area contributed by atoms with Crippen LogP contribution in [-0.2, 0) is 11.5 Å². The van der Waals surface area contributed by atoms with E-state index in [9.17, 15) is 9.59 Å². The van der Waals surface area contributed by atoms with E-state index in [1.807, 2.05) is 32.0 Å². The maximum absolute atomic E-state index is 12.4. The summed E-state index contributed by atoms with van der Waals surface area (Å²) in [7, 11) is 0. The summed E-state index contributed by atoms with van der Waals surface area (Å²) in [5.74, 6) is -0.709. The number of aromatic carboxylic acids is 1. The molecule has 0 aliphatic heterocycles. The molecule has 1 unspecified atom stereocenters. The van der Waals surface area contributed by atoms with Crippen LogP contribution in [0, 0.1) is 13.8 Å². The van der Waals surface area contributed by atoms with Gasteiger partial charge in [-0.3, -0.25) is 9.48 Å². The number of carboxylic acids is 1. The number of anilines is 1. The molecule has 0 spiro atoms. The number of amides is 1. The molecule has 3 rings (SSSR count). The molecule has 2 N–H and O–H groups in total. The van der Waals surface area contributed by atoms with E-state index in [0.717, 1.165) is 16.9 Å². The molecule has 9 heteroatoms. The minimum absolute atomic E-state index is 0.115. The van der Waals surface area contributed by atoms with Gasteiger partial charge >= 0.3 is 5.97 Å². The minimum atomic E-state index is -1.14. The van der Waals surface area contributed by atoms with Gasteiger partial charge in [0.05, 0.1) is 18.1 Å². The second-order valence-corrected chi connectivity index (χ2v) is 6.46. The SMILES string of the molecule is Cc1ccc(OCn2cc(NC(=O)C(C)n3ccc(C(=O)O)n3)cn2)c(C)c1. The van der Waals surface area contributed by atoms with Crippen LogP contribution >= 0.6 is 0 Å². The molecule has 1 atom stereocenters. The number of aromatic nitrogens is 4. The molecule has 1 aromatic carbocycles. The van der Waals surface area contributed by atoms with Gasteiger partial charge in [0.15, 0.2) is 12.4 Å². The first-order valence-electron chi connectivity index (χ1n) is 8.65. The van der Waals surface area contributed by atoms with E-state index in [4.69, 9.17) is 9.84 Å². The zero-order valence-corrected chi connectivity index (χ0v) is 15.8. The summed E-state index contributed by atoms with van der Waals surface area (Å²) in [5.41, 5.74) is 2.59. The zero-order valence-electron chi connectivity index (χ0n) is 15.8. The van der Waals surface area contributed by atoms with Gasteiger partial charge in [-0.1, -0.05) is 17.7 Å². The molecule has 0 saturated carbocycles. The van der Waals surface area contributed by atoms with Crippen molar-refractivity contribution in [2.45, 2.75) is 33.5 Å². The van der Waals surface area contributed by atoms with E-state index in [2.05, 4.69) is 15.5 Å². The summed E-state index contributed by atoms with van der Waals surface area (Å²) in [4.78, 5) is 23.3. The summed E-state index contributed by atoms with van der Waals surface area (Å²) in [5, 5.41) is 19.7. The third-order valence-corrected chi connectivity index (χ3v) is 4.19. The minimum Gasteiger partial charge on any atom is -0.476 e. The number of carbonyl (C=O) groups excluding carboxylic acids is 1. The lowest BCUT2D eigenvalue weighted by molar-refractivity contribution is -0.119. The number of nitrogens with one attached hydrogen (secondary N) is 1. The summed E-state index contributed by atoms with van der Waals surface area (Å²) < 4.78 is 8.62. The quantitative estimate of drug-likeness (QED) is 0.649. The average Bonchev–Trinajstić information content (AvgIpc) is 3.30. The summed E-state index contributed by atoms with van der Waals surface area (Å²) >= 11 is 0. The smallest absolute Gasteiger partial charge is 0.356 e. The number of hydrogen-bond donors (Lipinski definition) is 2. The Morgan fingerprint density at radius 1 is 1.29 bits per heavy atom. The third-order valence-electron chi connectivity index (χ3n) is 4.19. The predicted octanol–water partition coefficient (Wildman–Crippen LogP) is 2.63. The number of carboxylic acid groups (broad SMARTS) is 1. The van der Waals surface area contributed by atoms with Crippen LogP contribution in [0.4, 0.5) is 5.69 Å². The first-order valence-corrected chi connectivity index (χ1v) is 8.65. The maximum atomic E-state index is 12.4. The number of carbonyl (C=O) groups is 2. The number of rotatable bonds is 7. The molecule has 9 nitrogen and oxygen atoms in total. The maximum Gasteiger partial charge on any atom is 0.356 e. The van der Waals surface area contributed by atoms with Crippen molar-refractivity contribution in [2.75, 3.05) is 5.32 Å². The second-order valence-electron chi connectivity index (χ2n) is 6.46. The van der Waals surface area contributed by atoms with Gasteiger partial charge in [-0.15, -0.1) is 0 Å². The van der Waals surface area contributed by atoms with Crippen molar-refractivity contribution in [2.24, 2.45) is 0 Å². The zero-order chi connectivity index (χ0) is 20.3. The Kier molecular flexibility index (Phi) is 5.44. The molecule has 0 saturated heterocycles. The van der Waals surface area contributed by atoms with Gasteiger partial charge < -0.3 is 15.2 Å². The van der Waals surface area contributed by atoms with Gasteiger partial charge in [0, 0.05) is 6.20 Å². The van der Waals surface area contributed by atoms with Gasteiger partial charge in [0.1, 0.15) is 11.8 Å². The molecule has 146 valence electrons. The molecular weight excluding hydrogens is 362 g/mol. The normalized spacial score (nSPS) is 11.8. The topological polar surface area (TPSA) is 111 Å². The van der Waals surface area contributed by atoms with Crippen molar-refractivity contribution in [3.05, 3.63) is 59.7 Å². The van der Waals surface area contributed by atoms with Crippen molar-refractivity contribution in [3.63, 3.8) is 0 Å². The van der Waals surface area contributed by atoms with Gasteiger partial charge in [0.2, 0.25) is 5.91 Å². The summed E-state index contributed by atoms with van der Waals surface area (Å²) in [6.45, 7) is 5.83. The highest BCUT2D eigenvalue weighted by Crippen LogP contribution is 2.19. The highest BCUT2D eigenvalue weighted by atomic mass is 16.5. The van der Waals surface area contributed by atoms with E-state index < -0.39 is 12.0 Å². The van der Waals surface area contributed by atoms with Gasteiger partial charge in [0.25, 0.3) is 0 Å². The molecule has 0 bridgehead atoms. The van der Waals surface area contributed by atoms with Crippen LogP contribution in [0.2, 0.25) is 0 Å². The van der Waals surface area contributed by atoms with Crippen molar-refractivity contribution < 1.29 is 19.4 Å². The number of nitrogens with zero attached hydrogens (tertiary/aromatic N) is 4. The standard InChI is InChI=1S/C19H21N5O4/c1-12-4-5-17(13(2)8-12)28-11-23-10-15(9-20-23)21-18(25)14(3)24-7-6-16(22-24)19(26)27/h4-10,14H,11H2,1-3H3,(H,21,25)(H,26,27). The average molecular weight is 383 g/mol. The third kappa shape index (κ3) is 4.37. The number of aryl methyl sites for hydroxylation is 2. The van der Waals surface area contributed by atoms with E-state index >= 15 is 0 Å². The Labute approximate surface area is 161 Å². The molecule has 0 fully saturated rings. The molecule has 2 heterocycles. The first-order chi connectivity index (χ1) is 13.3. The van der Waals surface area contributed by atoms with Crippen LogP contribution in [-0.4, -0.2) is 36.5 Å². The van der Waals surface area contributed by atoms with Crippen LogP contribution in [0.5, 0.6) is 5.75 Å². The number of benzene rings is 1. The van der Waals surface area contributed by atoms with E-state index in [0.29, 0.717) is 5.69 Å². The molecular formula is C19H21N5O4. The molecule has 28 heavy (non-hydrogen) atoms. The fraction of sp³-hybridized carbons (Fsp3) is 0.263. The highest BCUT2D eigenvalue weighted by Gasteiger charge is 2.18. The Morgan fingerprint density at radius 3 is 2.75 bits per heavy atom. The lowest BCUT2D eigenvalue weighted by atomic mass is 10.1. The molecule has 0 aliphatic rings. The van der Waals surface area contributed by atoms with Crippen LogP contribution < -0.4 is 10.1 Å². The van der Waals surface area contributed by atoms with Gasteiger partial charge in [-0.25, -0.2) is 9.48 Å². The van der Waals surface area contributed by atoms with Crippen LogP contribution in [0.15, 0.2) is 42.9 Å². The molecule has 0 aliphatic carbocycles. The van der Waals surface area contributed by atoms with E-state index in [1.165, 1.54) is 23.1 Å². The van der Waals surface area contributed by atoms with Crippen molar-refractivity contribution in [1.29, 1.82) is 0 Å². The fourth-order valence-corrected chi connectivity index (χ4v) is 2.63. The highest BCUT2D eigenvalue weighted by molar-refractivity contribution is 5.93. The largest absolute Gasteiger partial charge is 0.476 e. The van der Waals surface area contributed by atoms with Crippen molar-refractivity contribution in [3.8, 4) is 5.75 Å². The summed E-state index contributed by atoms with van der Waals surface area (Å²) in [6, 6.07) is 6.59. The Morgan fingerprint density at radius 2 is 2.07 bits per heavy atom. The Balaban J connectivity index is 1.58. The van der Waals surface area contributed by atoms with Crippen LogP contribution in [0.3, 0.4) is 0 Å². The number of ether oxygens (including phenoxy) is 1. The lowest BCUT2D eigenvalue weighted by Crippen LogP contribution is -2.24. The van der Waals surface area contributed by atoms with Crippen LogP contribution in [0.1, 0.15) is 34.6 Å². The molecule has 0 radical (unpaired) electrons. The van der Waals surface area contributed by atoms with Crippen molar-refractivity contribution >= 4 is 17.6 Å². The lowest BCUT2D eigenvalue weighted by Gasteiger charge is -2.11. The summed E-state index contributed by atoms with van der Waals surface area (Å²) in [6.07, 6.45) is 4.62. The first kappa shape index (κ1) is 19.2. The van der Waals surface area contributed by atoms with E-state index in [-0.39, 0.29) is 18.3 Å². The molecule has 1 amide bonds. The van der Waals surface area contributed by atoms with Crippen LogP contribution in [0.25, 0.3) is 0 Å². The Bertz CT molecular complexity index is 1010. The van der Waals surface area contributed by atoms with Crippen molar-refractivity contribution in [1.82, 2.24) is 19.6 Å². The monoisotopic (exact) mass is 383 g/mol. The van der Waals surface area contributed by atoms with Gasteiger partial charge in [-0.2, -0.15) is 10.2 Å². The fourth-order valence-electron chi connectivity index (χ4n) is 2.63. The van der Waals surface area contributed by atoms with Gasteiger partial charge in [-0.05, 0) is 38.5 Å². The molecule has 2 aromatic heterocycles.